The van der Waals surface area contributed by atoms with Gasteiger partial charge in [-0.2, -0.15) is 13.2 Å². The van der Waals surface area contributed by atoms with Crippen molar-refractivity contribution in [2.75, 3.05) is 0 Å². The third kappa shape index (κ3) is 79.0. The summed E-state index contributed by atoms with van der Waals surface area (Å²) in [4.78, 5) is 8.81. The molecule has 1 nitrogen and oxygen atoms in total. The minimum Gasteiger partial charge on any atom is -0.304 e. The van der Waals surface area contributed by atoms with Gasteiger partial charge in [0.2, 0.25) is 0 Å². The fourth-order valence-electron chi connectivity index (χ4n) is 0.385. The molecule has 4 heteroatoms. The molecular weight excluding hydrogens is 217 g/mol. The van der Waals surface area contributed by atoms with Crippen LogP contribution in [0.15, 0.2) is 36.4 Å². The van der Waals surface area contributed by atoms with Crippen molar-refractivity contribution in [1.82, 2.24) is 0 Å². The molecule has 0 fully saturated rings. The largest absolute Gasteiger partial charge is 0.386 e. The predicted molar refractivity (Wildman–Crippen MR) is 61.3 cm³/mol. The van der Waals surface area contributed by atoms with Crippen molar-refractivity contribution in [3.63, 3.8) is 0 Å². The SMILES string of the molecule is CC.CC(F)(F)F.CC=O.c1ccccc1. The van der Waals surface area contributed by atoms with Gasteiger partial charge >= 0.3 is 6.18 Å². The zero-order valence-electron chi connectivity index (χ0n) is 10.1. The summed E-state index contributed by atoms with van der Waals surface area (Å²) in [6, 6.07) is 12.0. The monoisotopic (exact) mass is 236 g/mol. The number of hydrogen-bond acceptors (Lipinski definition) is 1. The molecule has 0 unspecified atom stereocenters. The Hall–Kier alpha value is -1.32. The van der Waals surface area contributed by atoms with Crippen LogP contribution in [0.2, 0.25) is 0 Å². The molecule has 94 valence electrons. The second-order valence-corrected chi connectivity index (χ2v) is 2.17. The highest BCUT2D eigenvalue weighted by Crippen LogP contribution is 2.10. The fourth-order valence-corrected chi connectivity index (χ4v) is 0.385. The summed E-state index contributed by atoms with van der Waals surface area (Å²) in [5.41, 5.74) is 0. The molecular formula is C12H19F3O. The smallest absolute Gasteiger partial charge is 0.304 e. The highest BCUT2D eigenvalue weighted by molar-refractivity contribution is 5.44. The summed E-state index contributed by atoms with van der Waals surface area (Å²) in [5.74, 6) is 0. The molecule has 0 bridgehead atoms. The Morgan fingerprint density at radius 3 is 1.00 bits per heavy atom. The summed E-state index contributed by atoms with van der Waals surface area (Å²) in [6.45, 7) is 5.63. The number of halogens is 3. The van der Waals surface area contributed by atoms with Crippen LogP contribution in [-0.2, 0) is 4.79 Å². The lowest BCUT2D eigenvalue weighted by atomic mass is 10.4. The molecule has 0 atom stereocenters. The first-order chi connectivity index (χ1) is 7.41. The second kappa shape index (κ2) is 16.1. The van der Waals surface area contributed by atoms with Crippen molar-refractivity contribution in [2.24, 2.45) is 0 Å². The Morgan fingerprint density at radius 1 is 0.875 bits per heavy atom. The van der Waals surface area contributed by atoms with Crippen LogP contribution in [0.5, 0.6) is 0 Å². The van der Waals surface area contributed by atoms with Gasteiger partial charge in [0.05, 0.1) is 0 Å². The van der Waals surface area contributed by atoms with E-state index in [0.717, 1.165) is 6.29 Å². The number of carbonyl (C=O) groups is 1. The van der Waals surface area contributed by atoms with Gasteiger partial charge in [0.1, 0.15) is 6.29 Å². The van der Waals surface area contributed by atoms with E-state index in [0.29, 0.717) is 0 Å². The second-order valence-electron chi connectivity index (χ2n) is 2.17. The number of carbonyl (C=O) groups excluding carboxylic acids is 1. The number of rotatable bonds is 0. The van der Waals surface area contributed by atoms with Gasteiger partial charge in [0.15, 0.2) is 0 Å². The third-order valence-corrected chi connectivity index (χ3v) is 0.667. The van der Waals surface area contributed by atoms with E-state index in [4.69, 9.17) is 4.79 Å². The van der Waals surface area contributed by atoms with Crippen LogP contribution in [0.3, 0.4) is 0 Å². The lowest BCUT2D eigenvalue weighted by Crippen LogP contribution is -1.95. The summed E-state index contributed by atoms with van der Waals surface area (Å²) < 4.78 is 31.1. The summed E-state index contributed by atoms with van der Waals surface area (Å²) in [7, 11) is 0. The van der Waals surface area contributed by atoms with E-state index >= 15 is 0 Å². The number of aldehydes is 1. The highest BCUT2D eigenvalue weighted by Gasteiger charge is 2.15. The van der Waals surface area contributed by atoms with E-state index in [1.807, 2.05) is 50.2 Å². The molecule has 0 aliphatic carbocycles. The Labute approximate surface area is 95.3 Å². The molecule has 0 saturated carbocycles. The average Bonchev–Trinajstić information content (AvgIpc) is 2.22. The van der Waals surface area contributed by atoms with E-state index in [9.17, 15) is 13.2 Å². The molecule has 0 radical (unpaired) electrons. The van der Waals surface area contributed by atoms with Crippen molar-refractivity contribution >= 4 is 6.29 Å². The van der Waals surface area contributed by atoms with E-state index in [1.54, 1.807) is 0 Å². The maximum Gasteiger partial charge on any atom is 0.386 e. The molecule has 0 aromatic heterocycles. The maximum atomic E-state index is 10.4. The lowest BCUT2D eigenvalue weighted by Gasteiger charge is -1.88. The third-order valence-electron chi connectivity index (χ3n) is 0.667. The highest BCUT2D eigenvalue weighted by atomic mass is 19.4. The Balaban J connectivity index is -0.000000155. The van der Waals surface area contributed by atoms with Crippen molar-refractivity contribution in [3.8, 4) is 0 Å². The predicted octanol–water partition coefficient (Wildman–Crippen LogP) is 4.49. The van der Waals surface area contributed by atoms with Crippen LogP contribution in [0, 0.1) is 0 Å². The molecule has 16 heavy (non-hydrogen) atoms. The average molecular weight is 236 g/mol. The van der Waals surface area contributed by atoms with Crippen LogP contribution >= 0.6 is 0 Å². The molecule has 0 N–H and O–H groups in total. The summed E-state index contributed by atoms with van der Waals surface area (Å²) in [5, 5.41) is 0. The van der Waals surface area contributed by atoms with Gasteiger partial charge in [-0.15, -0.1) is 0 Å². The quantitative estimate of drug-likeness (QED) is 0.607. The number of alkyl halides is 3. The van der Waals surface area contributed by atoms with Crippen LogP contribution in [-0.4, -0.2) is 12.5 Å². The van der Waals surface area contributed by atoms with Gasteiger partial charge in [-0.3, -0.25) is 0 Å². The minimum absolute atomic E-state index is 0.188. The van der Waals surface area contributed by atoms with E-state index in [2.05, 4.69) is 0 Å². The van der Waals surface area contributed by atoms with Crippen molar-refractivity contribution < 1.29 is 18.0 Å². The van der Waals surface area contributed by atoms with E-state index in [1.165, 1.54) is 6.92 Å². The van der Waals surface area contributed by atoms with Gasteiger partial charge in [-0.25, -0.2) is 0 Å². The Morgan fingerprint density at radius 2 is 0.938 bits per heavy atom. The molecule has 0 aliphatic heterocycles. The standard InChI is InChI=1S/C6H6.C2H3F3.C2H4O.C2H6/c1-2-4-6-5-3-1;1-2(3,4)5;1-2-3;1-2/h1-6H;1H3;2H,1H3;1-2H3. The normalized spacial score (nSPS) is 7.94. The molecule has 1 rings (SSSR count). The molecule has 1 aromatic carbocycles. The first kappa shape index (κ1) is 20.1. The van der Waals surface area contributed by atoms with Crippen molar-refractivity contribution in [3.05, 3.63) is 36.4 Å². The van der Waals surface area contributed by atoms with E-state index in [-0.39, 0.29) is 6.92 Å². The van der Waals surface area contributed by atoms with Gasteiger partial charge < -0.3 is 4.79 Å². The van der Waals surface area contributed by atoms with Gasteiger partial charge in [0, 0.05) is 6.92 Å². The van der Waals surface area contributed by atoms with E-state index < -0.39 is 6.18 Å². The zero-order valence-corrected chi connectivity index (χ0v) is 10.1. The van der Waals surface area contributed by atoms with Gasteiger partial charge in [-0.05, 0) is 6.92 Å². The van der Waals surface area contributed by atoms with Crippen molar-refractivity contribution in [2.45, 2.75) is 33.9 Å². The van der Waals surface area contributed by atoms with Crippen LogP contribution in [0.4, 0.5) is 13.2 Å². The van der Waals surface area contributed by atoms with Crippen LogP contribution < -0.4 is 0 Å². The summed E-state index contributed by atoms with van der Waals surface area (Å²) >= 11 is 0. The Bertz CT molecular complexity index is 175. The number of benzene rings is 1. The van der Waals surface area contributed by atoms with Gasteiger partial charge in [-0.1, -0.05) is 50.2 Å². The Kier molecular flexibility index (Phi) is 20.3. The topological polar surface area (TPSA) is 17.1 Å². The molecule has 1 aromatic rings. The fraction of sp³-hybridized carbons (Fsp3) is 0.417. The first-order valence-electron chi connectivity index (χ1n) is 4.88. The maximum absolute atomic E-state index is 10.4. The minimum atomic E-state index is -4.00. The molecule has 0 aliphatic rings. The van der Waals surface area contributed by atoms with Crippen molar-refractivity contribution in [1.29, 1.82) is 0 Å². The molecule has 0 spiro atoms. The molecule has 0 heterocycles. The molecule has 0 amide bonds. The summed E-state index contributed by atoms with van der Waals surface area (Å²) in [6.07, 6.45) is -3.25. The first-order valence-corrected chi connectivity index (χ1v) is 4.88. The number of hydrogen-bond donors (Lipinski definition) is 0. The lowest BCUT2D eigenvalue weighted by molar-refractivity contribution is -0.110. The zero-order chi connectivity index (χ0) is 13.4. The van der Waals surface area contributed by atoms with Crippen LogP contribution in [0.25, 0.3) is 0 Å². The molecule has 0 saturated heterocycles. The van der Waals surface area contributed by atoms with Gasteiger partial charge in [0.25, 0.3) is 0 Å². The van der Waals surface area contributed by atoms with Crippen LogP contribution in [0.1, 0.15) is 27.7 Å².